The van der Waals surface area contributed by atoms with Crippen LogP contribution in [0.2, 0.25) is 10.0 Å². The van der Waals surface area contributed by atoms with Gasteiger partial charge in [0.1, 0.15) is 0 Å². The first-order valence-electron chi connectivity index (χ1n) is 10.3. The summed E-state index contributed by atoms with van der Waals surface area (Å²) >= 11 is 15.3. The van der Waals surface area contributed by atoms with E-state index in [4.69, 9.17) is 27.9 Å². The van der Waals surface area contributed by atoms with Gasteiger partial charge in [-0.1, -0.05) is 45.2 Å². The normalized spacial score (nSPS) is 11.6. The van der Waals surface area contributed by atoms with Gasteiger partial charge in [0.25, 0.3) is 5.91 Å². The smallest absolute Gasteiger partial charge is 0.311 e. The van der Waals surface area contributed by atoms with Crippen LogP contribution in [0.25, 0.3) is 0 Å². The molecule has 0 saturated carbocycles. The Morgan fingerprint density at radius 3 is 2.46 bits per heavy atom. The van der Waals surface area contributed by atoms with Crippen LogP contribution in [0.15, 0.2) is 75.1 Å². The highest BCUT2D eigenvalue weighted by atomic mass is 79.9. The van der Waals surface area contributed by atoms with E-state index >= 15 is 0 Å². The monoisotopic (exact) mass is 628 g/mol. The number of nitro groups is 1. The quantitative estimate of drug-likeness (QED) is 0.190. The Labute approximate surface area is 231 Å². The average Bonchev–Trinajstić information content (AvgIpc) is 2.86. The minimum atomic E-state index is -4.10. The molecule has 0 aliphatic rings. The highest BCUT2D eigenvalue weighted by Crippen LogP contribution is 2.27. The number of nitrogens with one attached hydrogen (secondary N) is 1. The Hall–Kier alpha value is -3.03. The third kappa shape index (κ3) is 7.49. The molecule has 0 aliphatic carbocycles. The number of hydrazone groups is 1. The molecule has 0 bridgehead atoms. The van der Waals surface area contributed by atoms with Gasteiger partial charge in [0.15, 0.2) is 5.75 Å². The first-order valence-corrected chi connectivity index (χ1v) is 13.3. The lowest BCUT2D eigenvalue weighted by Crippen LogP contribution is -2.39. The van der Waals surface area contributed by atoms with E-state index in [1.54, 1.807) is 18.2 Å². The maximum Gasteiger partial charge on any atom is 0.311 e. The van der Waals surface area contributed by atoms with Gasteiger partial charge in [-0.2, -0.15) is 9.41 Å². The Kier molecular flexibility index (Phi) is 9.62. The van der Waals surface area contributed by atoms with Crippen LogP contribution in [-0.2, 0) is 21.4 Å². The van der Waals surface area contributed by atoms with Crippen molar-refractivity contribution in [1.82, 2.24) is 9.73 Å². The van der Waals surface area contributed by atoms with Crippen LogP contribution in [0.5, 0.6) is 5.75 Å². The molecule has 0 heterocycles. The summed E-state index contributed by atoms with van der Waals surface area (Å²) in [6.45, 7) is -0.740. The Balaban J connectivity index is 1.81. The van der Waals surface area contributed by atoms with Gasteiger partial charge in [0.2, 0.25) is 10.0 Å². The Morgan fingerprint density at radius 1 is 1.14 bits per heavy atom. The SMILES string of the molecule is COc1ccc(/C=N/NC(=O)CN(Cc2ccc(Cl)c(Cl)c2)S(=O)(=O)c2ccc(Br)cc2)cc1[N+](=O)[O-]. The molecule has 1 N–H and O–H groups in total. The first-order chi connectivity index (χ1) is 17.5. The van der Waals surface area contributed by atoms with Crippen LogP contribution >= 0.6 is 39.1 Å². The maximum absolute atomic E-state index is 13.3. The van der Waals surface area contributed by atoms with E-state index in [0.29, 0.717) is 20.6 Å². The summed E-state index contributed by atoms with van der Waals surface area (Å²) in [6, 6.07) is 14.7. The van der Waals surface area contributed by atoms with Crippen LogP contribution in [0.4, 0.5) is 5.69 Å². The highest BCUT2D eigenvalue weighted by Gasteiger charge is 2.27. The Morgan fingerprint density at radius 2 is 1.84 bits per heavy atom. The number of hydrogen-bond acceptors (Lipinski definition) is 7. The predicted octanol–water partition coefficient (Wildman–Crippen LogP) is 5.01. The molecule has 0 fully saturated rings. The predicted molar refractivity (Wildman–Crippen MR) is 144 cm³/mol. The standard InChI is InChI=1S/C23H19BrCl2N4O6S/c1-36-22-9-3-15(11-21(22)30(32)33)12-27-28-23(31)14-29(13-16-2-8-19(25)20(26)10-16)37(34,35)18-6-4-17(24)5-7-18/h2-12H,13-14H2,1H3,(H,28,31)/b27-12+. The van der Waals surface area contributed by atoms with E-state index in [1.165, 1.54) is 55.8 Å². The summed E-state index contributed by atoms with van der Waals surface area (Å²) in [4.78, 5) is 23.2. The summed E-state index contributed by atoms with van der Waals surface area (Å²) in [5.41, 5.74) is 2.81. The van der Waals surface area contributed by atoms with Crippen molar-refractivity contribution in [2.75, 3.05) is 13.7 Å². The van der Waals surface area contributed by atoms with Crippen molar-refractivity contribution in [2.24, 2.45) is 5.10 Å². The van der Waals surface area contributed by atoms with Crippen molar-refractivity contribution in [3.05, 3.63) is 96.4 Å². The van der Waals surface area contributed by atoms with Crippen molar-refractivity contribution in [2.45, 2.75) is 11.4 Å². The van der Waals surface area contributed by atoms with E-state index in [-0.39, 0.29) is 27.9 Å². The number of methoxy groups -OCH3 is 1. The molecule has 37 heavy (non-hydrogen) atoms. The van der Waals surface area contributed by atoms with Crippen molar-refractivity contribution in [1.29, 1.82) is 0 Å². The van der Waals surface area contributed by atoms with Gasteiger partial charge >= 0.3 is 5.69 Å². The average molecular weight is 630 g/mol. The number of benzene rings is 3. The molecule has 3 rings (SSSR count). The maximum atomic E-state index is 13.3. The zero-order valence-electron chi connectivity index (χ0n) is 19.1. The summed E-state index contributed by atoms with van der Waals surface area (Å²) < 4.78 is 33.3. The molecule has 0 radical (unpaired) electrons. The second-order valence-electron chi connectivity index (χ2n) is 7.46. The third-order valence-electron chi connectivity index (χ3n) is 4.92. The lowest BCUT2D eigenvalue weighted by molar-refractivity contribution is -0.385. The van der Waals surface area contributed by atoms with Crippen molar-refractivity contribution < 1.29 is 22.9 Å². The molecular formula is C23H19BrCl2N4O6S. The first kappa shape index (κ1) is 28.5. The number of hydrogen-bond donors (Lipinski definition) is 1. The van der Waals surface area contributed by atoms with Crippen molar-refractivity contribution in [3.8, 4) is 5.75 Å². The fourth-order valence-corrected chi connectivity index (χ4v) is 5.10. The lowest BCUT2D eigenvalue weighted by Gasteiger charge is -2.22. The minimum absolute atomic E-state index is 0.0161. The van der Waals surface area contributed by atoms with Crippen molar-refractivity contribution >= 4 is 67.0 Å². The number of nitrogens with zero attached hydrogens (tertiary/aromatic N) is 3. The van der Waals surface area contributed by atoms with Gasteiger partial charge in [0, 0.05) is 22.6 Å². The molecule has 3 aromatic carbocycles. The zero-order chi connectivity index (χ0) is 27.2. The third-order valence-corrected chi connectivity index (χ3v) is 7.99. The second kappa shape index (κ2) is 12.5. The molecule has 14 heteroatoms. The molecule has 3 aromatic rings. The van der Waals surface area contributed by atoms with Gasteiger partial charge in [-0.25, -0.2) is 13.8 Å². The van der Waals surface area contributed by atoms with E-state index in [9.17, 15) is 23.3 Å². The van der Waals surface area contributed by atoms with Gasteiger partial charge in [-0.05, 0) is 54.1 Å². The van der Waals surface area contributed by atoms with Gasteiger partial charge in [0.05, 0.1) is 39.7 Å². The topological polar surface area (TPSA) is 131 Å². The van der Waals surface area contributed by atoms with E-state index < -0.39 is 27.4 Å². The molecule has 10 nitrogen and oxygen atoms in total. The number of halogens is 3. The molecule has 0 atom stereocenters. The molecule has 0 spiro atoms. The fourth-order valence-electron chi connectivity index (χ4n) is 3.13. The summed E-state index contributed by atoms with van der Waals surface area (Å²) in [7, 11) is -2.79. The second-order valence-corrected chi connectivity index (χ2v) is 11.1. The molecule has 1 amide bonds. The lowest BCUT2D eigenvalue weighted by atomic mass is 10.2. The van der Waals surface area contributed by atoms with Crippen LogP contribution in [0.3, 0.4) is 0 Å². The number of rotatable bonds is 10. The van der Waals surface area contributed by atoms with Crippen LogP contribution in [-0.4, -0.2) is 43.4 Å². The zero-order valence-corrected chi connectivity index (χ0v) is 23.0. The summed E-state index contributed by atoms with van der Waals surface area (Å²) in [6.07, 6.45) is 1.19. The number of ether oxygens (including phenoxy) is 1. The van der Waals surface area contributed by atoms with E-state index in [0.717, 1.165) is 4.31 Å². The van der Waals surface area contributed by atoms with E-state index in [1.807, 2.05) is 0 Å². The molecule has 0 unspecified atom stereocenters. The number of carbonyl (C=O) groups is 1. The molecule has 194 valence electrons. The number of carbonyl (C=O) groups excluding carboxylic acids is 1. The summed E-state index contributed by atoms with van der Waals surface area (Å²) in [5.74, 6) is -0.665. The van der Waals surface area contributed by atoms with Gasteiger partial charge in [-0.3, -0.25) is 14.9 Å². The fraction of sp³-hybridized carbons (Fsp3) is 0.130. The molecule has 0 aliphatic heterocycles. The highest BCUT2D eigenvalue weighted by molar-refractivity contribution is 9.10. The Bertz CT molecular complexity index is 1450. The largest absolute Gasteiger partial charge is 0.490 e. The molecule has 0 saturated heterocycles. The van der Waals surface area contributed by atoms with Crippen molar-refractivity contribution in [3.63, 3.8) is 0 Å². The van der Waals surface area contributed by atoms with Gasteiger partial charge in [-0.15, -0.1) is 0 Å². The van der Waals surface area contributed by atoms with Gasteiger partial charge < -0.3 is 4.74 Å². The minimum Gasteiger partial charge on any atom is -0.490 e. The van der Waals surface area contributed by atoms with Crippen LogP contribution in [0.1, 0.15) is 11.1 Å². The van der Waals surface area contributed by atoms with Crippen LogP contribution in [0, 0.1) is 10.1 Å². The molecular weight excluding hydrogens is 611 g/mol. The van der Waals surface area contributed by atoms with Crippen LogP contribution < -0.4 is 10.2 Å². The number of sulfonamides is 1. The van der Waals surface area contributed by atoms with E-state index in [2.05, 4.69) is 26.5 Å². The summed E-state index contributed by atoms with van der Waals surface area (Å²) in [5, 5.41) is 15.5. The number of amides is 1. The number of nitro benzene ring substituents is 1. The molecule has 0 aromatic heterocycles.